The first-order valence-corrected chi connectivity index (χ1v) is 5.69. The molecule has 1 heterocycles. The highest BCUT2D eigenvalue weighted by molar-refractivity contribution is 5.54. The SMILES string of the molecule is CC(C)NCc1coc(-c2cc(F)ccc2F)n1. The molecule has 18 heavy (non-hydrogen) atoms. The van der Waals surface area contributed by atoms with E-state index in [0.717, 1.165) is 18.2 Å². The maximum Gasteiger partial charge on any atom is 0.229 e. The second-order valence-corrected chi connectivity index (χ2v) is 4.30. The van der Waals surface area contributed by atoms with Gasteiger partial charge in [-0.1, -0.05) is 13.8 Å². The van der Waals surface area contributed by atoms with Crippen molar-refractivity contribution >= 4 is 0 Å². The highest BCUT2D eigenvalue weighted by Gasteiger charge is 2.12. The number of hydrogen-bond acceptors (Lipinski definition) is 3. The molecule has 1 aromatic carbocycles. The Balaban J connectivity index is 2.21. The van der Waals surface area contributed by atoms with Crippen LogP contribution >= 0.6 is 0 Å². The molecule has 0 radical (unpaired) electrons. The van der Waals surface area contributed by atoms with E-state index >= 15 is 0 Å². The van der Waals surface area contributed by atoms with Gasteiger partial charge in [0.25, 0.3) is 0 Å². The van der Waals surface area contributed by atoms with Crippen LogP contribution in [0, 0.1) is 11.6 Å². The summed E-state index contributed by atoms with van der Waals surface area (Å²) in [6.07, 6.45) is 1.44. The molecular weight excluding hydrogens is 238 g/mol. The zero-order chi connectivity index (χ0) is 13.1. The van der Waals surface area contributed by atoms with Crippen LogP contribution in [0.5, 0.6) is 0 Å². The molecule has 5 heteroatoms. The van der Waals surface area contributed by atoms with Crippen LogP contribution in [-0.4, -0.2) is 11.0 Å². The molecule has 0 aliphatic heterocycles. The van der Waals surface area contributed by atoms with Gasteiger partial charge in [-0.25, -0.2) is 13.8 Å². The highest BCUT2D eigenvalue weighted by atomic mass is 19.1. The van der Waals surface area contributed by atoms with Crippen molar-refractivity contribution in [2.45, 2.75) is 26.4 Å². The van der Waals surface area contributed by atoms with Gasteiger partial charge in [-0.3, -0.25) is 0 Å². The summed E-state index contributed by atoms with van der Waals surface area (Å²) in [4.78, 5) is 4.12. The smallest absolute Gasteiger partial charge is 0.229 e. The van der Waals surface area contributed by atoms with Gasteiger partial charge in [-0.05, 0) is 18.2 Å². The fraction of sp³-hybridized carbons (Fsp3) is 0.308. The zero-order valence-corrected chi connectivity index (χ0v) is 10.2. The van der Waals surface area contributed by atoms with E-state index in [2.05, 4.69) is 10.3 Å². The monoisotopic (exact) mass is 252 g/mol. The van der Waals surface area contributed by atoms with Gasteiger partial charge in [-0.15, -0.1) is 0 Å². The quantitative estimate of drug-likeness (QED) is 0.908. The van der Waals surface area contributed by atoms with Gasteiger partial charge in [-0.2, -0.15) is 0 Å². The minimum atomic E-state index is -0.554. The molecule has 2 aromatic rings. The Bertz CT molecular complexity index is 538. The van der Waals surface area contributed by atoms with E-state index < -0.39 is 11.6 Å². The molecule has 0 aliphatic carbocycles. The lowest BCUT2D eigenvalue weighted by atomic mass is 10.2. The Morgan fingerprint density at radius 2 is 2.11 bits per heavy atom. The molecule has 0 aliphatic rings. The average Bonchev–Trinajstić information content (AvgIpc) is 2.78. The lowest BCUT2D eigenvalue weighted by Gasteiger charge is -2.04. The molecule has 96 valence electrons. The minimum absolute atomic E-state index is 0.0331. The van der Waals surface area contributed by atoms with Crippen molar-refractivity contribution in [2.75, 3.05) is 0 Å². The number of halogens is 2. The Kier molecular flexibility index (Phi) is 3.72. The van der Waals surface area contributed by atoms with Crippen LogP contribution in [0.3, 0.4) is 0 Å². The maximum absolute atomic E-state index is 13.5. The first kappa shape index (κ1) is 12.7. The third-order valence-electron chi connectivity index (χ3n) is 2.40. The molecule has 1 aromatic heterocycles. The second kappa shape index (κ2) is 5.27. The molecule has 0 saturated carbocycles. The van der Waals surface area contributed by atoms with Crippen molar-refractivity contribution in [2.24, 2.45) is 0 Å². The Morgan fingerprint density at radius 3 is 2.83 bits per heavy atom. The molecule has 0 atom stereocenters. The normalized spacial score (nSPS) is 11.2. The van der Waals surface area contributed by atoms with Crippen LogP contribution in [0.15, 0.2) is 28.9 Å². The Labute approximate surface area is 104 Å². The van der Waals surface area contributed by atoms with E-state index in [1.807, 2.05) is 13.8 Å². The molecule has 0 amide bonds. The third-order valence-corrected chi connectivity index (χ3v) is 2.40. The first-order valence-electron chi connectivity index (χ1n) is 5.69. The summed E-state index contributed by atoms with van der Waals surface area (Å²) in [5.41, 5.74) is 0.688. The lowest BCUT2D eigenvalue weighted by Crippen LogP contribution is -2.21. The molecule has 2 rings (SSSR count). The number of hydrogen-bond donors (Lipinski definition) is 1. The average molecular weight is 252 g/mol. The molecule has 0 unspecified atom stereocenters. The second-order valence-electron chi connectivity index (χ2n) is 4.30. The van der Waals surface area contributed by atoms with Gasteiger partial charge in [0, 0.05) is 12.6 Å². The number of nitrogens with zero attached hydrogens (tertiary/aromatic N) is 1. The van der Waals surface area contributed by atoms with Crippen molar-refractivity contribution in [3.63, 3.8) is 0 Å². The van der Waals surface area contributed by atoms with Crippen molar-refractivity contribution in [1.82, 2.24) is 10.3 Å². The largest absolute Gasteiger partial charge is 0.444 e. The zero-order valence-electron chi connectivity index (χ0n) is 10.2. The van der Waals surface area contributed by atoms with Gasteiger partial charge in [0.15, 0.2) is 0 Å². The third kappa shape index (κ3) is 2.92. The fourth-order valence-corrected chi connectivity index (χ4v) is 1.48. The number of nitrogens with one attached hydrogen (secondary N) is 1. The van der Waals surface area contributed by atoms with Crippen LogP contribution < -0.4 is 5.32 Å². The van der Waals surface area contributed by atoms with Crippen LogP contribution in [-0.2, 0) is 6.54 Å². The van der Waals surface area contributed by atoms with E-state index in [1.165, 1.54) is 6.26 Å². The van der Waals surface area contributed by atoms with Crippen LogP contribution in [0.1, 0.15) is 19.5 Å². The van der Waals surface area contributed by atoms with Gasteiger partial charge < -0.3 is 9.73 Å². The number of aromatic nitrogens is 1. The van der Waals surface area contributed by atoms with Crippen molar-refractivity contribution in [3.05, 3.63) is 41.8 Å². The molecular formula is C13H14F2N2O. The molecule has 0 saturated heterocycles. The van der Waals surface area contributed by atoms with Crippen molar-refractivity contribution in [3.8, 4) is 11.5 Å². The summed E-state index contributed by atoms with van der Waals surface area (Å²) >= 11 is 0. The summed E-state index contributed by atoms with van der Waals surface area (Å²) in [5, 5.41) is 3.16. The number of oxazole rings is 1. The fourth-order valence-electron chi connectivity index (χ4n) is 1.48. The first-order chi connectivity index (χ1) is 8.56. The van der Waals surface area contributed by atoms with E-state index in [1.54, 1.807) is 0 Å². The number of rotatable bonds is 4. The summed E-state index contributed by atoms with van der Waals surface area (Å²) in [6.45, 7) is 4.54. The summed E-state index contributed by atoms with van der Waals surface area (Å²) < 4.78 is 31.7. The minimum Gasteiger partial charge on any atom is -0.444 e. The van der Waals surface area contributed by atoms with E-state index in [4.69, 9.17) is 4.42 Å². The van der Waals surface area contributed by atoms with Gasteiger partial charge in [0.2, 0.25) is 5.89 Å². The standard InChI is InChI=1S/C13H14F2N2O/c1-8(2)16-6-10-7-18-13(17-10)11-5-9(14)3-4-12(11)15/h3-5,7-8,16H,6H2,1-2H3. The maximum atomic E-state index is 13.5. The molecule has 3 nitrogen and oxygen atoms in total. The summed E-state index contributed by atoms with van der Waals surface area (Å²) in [5.74, 6) is -0.986. The Morgan fingerprint density at radius 1 is 1.33 bits per heavy atom. The predicted molar refractivity (Wildman–Crippen MR) is 63.8 cm³/mol. The summed E-state index contributed by atoms with van der Waals surface area (Å²) in [6, 6.07) is 3.50. The van der Waals surface area contributed by atoms with Crippen molar-refractivity contribution < 1.29 is 13.2 Å². The predicted octanol–water partition coefficient (Wildman–Crippen LogP) is 3.12. The molecule has 0 spiro atoms. The van der Waals surface area contributed by atoms with E-state index in [0.29, 0.717) is 18.3 Å². The summed E-state index contributed by atoms with van der Waals surface area (Å²) in [7, 11) is 0. The van der Waals surface area contributed by atoms with Crippen molar-refractivity contribution in [1.29, 1.82) is 0 Å². The van der Waals surface area contributed by atoms with Gasteiger partial charge in [0.05, 0.1) is 11.3 Å². The molecule has 0 bridgehead atoms. The van der Waals surface area contributed by atoms with E-state index in [9.17, 15) is 8.78 Å². The highest BCUT2D eigenvalue weighted by Crippen LogP contribution is 2.23. The molecule has 0 fully saturated rings. The van der Waals surface area contributed by atoms with Crippen LogP contribution in [0.2, 0.25) is 0 Å². The van der Waals surface area contributed by atoms with Crippen LogP contribution in [0.25, 0.3) is 11.5 Å². The molecule has 1 N–H and O–H groups in total. The Hall–Kier alpha value is -1.75. The van der Waals surface area contributed by atoms with Gasteiger partial charge >= 0.3 is 0 Å². The van der Waals surface area contributed by atoms with Gasteiger partial charge in [0.1, 0.15) is 17.9 Å². The topological polar surface area (TPSA) is 38.1 Å². The number of benzene rings is 1. The lowest BCUT2D eigenvalue weighted by molar-refractivity contribution is 0.550. The van der Waals surface area contributed by atoms with Crippen LogP contribution in [0.4, 0.5) is 8.78 Å². The van der Waals surface area contributed by atoms with E-state index in [-0.39, 0.29) is 11.5 Å².